The second kappa shape index (κ2) is 8.51. The minimum absolute atomic E-state index is 0.172. The molecule has 0 fully saturated rings. The molecule has 0 bridgehead atoms. The van der Waals surface area contributed by atoms with E-state index in [0.717, 1.165) is 18.5 Å². The molecule has 19 heavy (non-hydrogen) atoms. The number of hydrogen-bond acceptors (Lipinski definition) is 3. The molecule has 0 heterocycles. The molecule has 0 saturated carbocycles. The smallest absolute Gasteiger partial charge is 0.292 e. The molecule has 1 aromatic carbocycles. The van der Waals surface area contributed by atoms with Gasteiger partial charge in [0.25, 0.3) is 5.69 Å². The van der Waals surface area contributed by atoms with Crippen molar-refractivity contribution in [2.75, 3.05) is 11.9 Å². The largest absolute Gasteiger partial charge is 0.379 e. The summed E-state index contributed by atoms with van der Waals surface area (Å²) in [6, 6.07) is 5.31. The maximum atomic E-state index is 10.9. The van der Waals surface area contributed by atoms with E-state index in [9.17, 15) is 10.1 Å². The zero-order valence-corrected chi connectivity index (χ0v) is 11.9. The van der Waals surface area contributed by atoms with E-state index in [2.05, 4.69) is 12.2 Å². The summed E-state index contributed by atoms with van der Waals surface area (Å²) < 4.78 is 0. The highest BCUT2D eigenvalue weighted by Gasteiger charge is 2.12. The van der Waals surface area contributed by atoms with Gasteiger partial charge in [-0.15, -0.1) is 0 Å². The van der Waals surface area contributed by atoms with Crippen LogP contribution >= 0.6 is 0 Å². The third-order valence-corrected chi connectivity index (χ3v) is 3.20. The standard InChI is InChI=1S/C15H24N2O2/c1-3-4-5-6-7-8-11-16-14-10-9-13(2)12-15(14)17(18)19/h9-10,12,16H,3-8,11H2,1-2H3. The summed E-state index contributed by atoms with van der Waals surface area (Å²) in [6.45, 7) is 4.87. The molecule has 0 unspecified atom stereocenters. The maximum Gasteiger partial charge on any atom is 0.292 e. The number of rotatable bonds is 9. The van der Waals surface area contributed by atoms with E-state index in [0.29, 0.717) is 5.69 Å². The van der Waals surface area contributed by atoms with E-state index in [-0.39, 0.29) is 10.6 Å². The van der Waals surface area contributed by atoms with E-state index in [1.165, 1.54) is 32.1 Å². The van der Waals surface area contributed by atoms with Crippen molar-refractivity contribution < 1.29 is 4.92 Å². The predicted octanol–water partition coefficient (Wildman–Crippen LogP) is 4.68. The lowest BCUT2D eigenvalue weighted by molar-refractivity contribution is -0.384. The van der Waals surface area contributed by atoms with E-state index >= 15 is 0 Å². The van der Waals surface area contributed by atoms with Crippen LogP contribution in [0.1, 0.15) is 51.0 Å². The summed E-state index contributed by atoms with van der Waals surface area (Å²) in [6.07, 6.45) is 7.36. The van der Waals surface area contributed by atoms with E-state index in [1.807, 2.05) is 13.0 Å². The van der Waals surface area contributed by atoms with Gasteiger partial charge in [0.05, 0.1) is 4.92 Å². The first kappa shape index (κ1) is 15.5. The predicted molar refractivity (Wildman–Crippen MR) is 79.7 cm³/mol. The monoisotopic (exact) mass is 264 g/mol. The summed E-state index contributed by atoms with van der Waals surface area (Å²) in [5, 5.41) is 14.1. The first-order chi connectivity index (χ1) is 9.15. The van der Waals surface area contributed by atoms with Crippen molar-refractivity contribution in [2.24, 2.45) is 0 Å². The Balaban J connectivity index is 2.35. The SMILES string of the molecule is CCCCCCCCNc1ccc(C)cc1[N+](=O)[O-]. The third-order valence-electron chi connectivity index (χ3n) is 3.20. The molecule has 0 aliphatic carbocycles. The Morgan fingerprint density at radius 1 is 1.16 bits per heavy atom. The number of nitro benzene ring substituents is 1. The second-order valence-electron chi connectivity index (χ2n) is 4.97. The summed E-state index contributed by atoms with van der Waals surface area (Å²) in [5.74, 6) is 0. The molecular weight excluding hydrogens is 240 g/mol. The molecule has 0 aliphatic rings. The quantitative estimate of drug-likeness (QED) is 0.400. The molecular formula is C15H24N2O2. The molecule has 1 N–H and O–H groups in total. The zero-order valence-electron chi connectivity index (χ0n) is 11.9. The first-order valence-corrected chi connectivity index (χ1v) is 7.14. The number of benzene rings is 1. The van der Waals surface area contributed by atoms with Crippen molar-refractivity contribution in [2.45, 2.75) is 52.4 Å². The van der Waals surface area contributed by atoms with E-state index in [1.54, 1.807) is 12.1 Å². The van der Waals surface area contributed by atoms with Crippen LogP contribution in [0.3, 0.4) is 0 Å². The number of anilines is 1. The van der Waals surface area contributed by atoms with Crippen LogP contribution in [-0.2, 0) is 0 Å². The Morgan fingerprint density at radius 3 is 2.53 bits per heavy atom. The highest BCUT2D eigenvalue weighted by Crippen LogP contribution is 2.25. The van der Waals surface area contributed by atoms with Crippen molar-refractivity contribution in [3.63, 3.8) is 0 Å². The van der Waals surface area contributed by atoms with Gasteiger partial charge >= 0.3 is 0 Å². The molecule has 0 atom stereocenters. The summed E-state index contributed by atoms with van der Waals surface area (Å²) in [7, 11) is 0. The minimum atomic E-state index is -0.323. The highest BCUT2D eigenvalue weighted by atomic mass is 16.6. The lowest BCUT2D eigenvalue weighted by Crippen LogP contribution is -2.04. The molecule has 106 valence electrons. The van der Waals surface area contributed by atoms with Gasteiger partial charge in [0.1, 0.15) is 5.69 Å². The van der Waals surface area contributed by atoms with Gasteiger partial charge in [-0.25, -0.2) is 0 Å². The highest BCUT2D eigenvalue weighted by molar-refractivity contribution is 5.62. The lowest BCUT2D eigenvalue weighted by Gasteiger charge is -2.07. The summed E-state index contributed by atoms with van der Waals surface area (Å²) >= 11 is 0. The van der Waals surface area contributed by atoms with Gasteiger partial charge in [0.2, 0.25) is 0 Å². The summed E-state index contributed by atoms with van der Waals surface area (Å²) in [4.78, 5) is 10.6. The van der Waals surface area contributed by atoms with Gasteiger partial charge in [0, 0.05) is 12.6 Å². The molecule has 0 aliphatic heterocycles. The van der Waals surface area contributed by atoms with Crippen molar-refractivity contribution in [1.82, 2.24) is 0 Å². The van der Waals surface area contributed by atoms with Gasteiger partial charge in [-0.05, 0) is 25.0 Å². The van der Waals surface area contributed by atoms with Crippen LogP contribution in [0.2, 0.25) is 0 Å². The Morgan fingerprint density at radius 2 is 1.84 bits per heavy atom. The second-order valence-corrected chi connectivity index (χ2v) is 4.97. The fourth-order valence-electron chi connectivity index (χ4n) is 2.07. The Labute approximate surface area is 115 Å². The molecule has 1 aromatic rings. The van der Waals surface area contributed by atoms with Crippen molar-refractivity contribution in [1.29, 1.82) is 0 Å². The van der Waals surface area contributed by atoms with Crippen LogP contribution in [0.5, 0.6) is 0 Å². The van der Waals surface area contributed by atoms with Gasteiger partial charge in [0.15, 0.2) is 0 Å². The number of unbranched alkanes of at least 4 members (excludes halogenated alkanes) is 5. The number of nitro groups is 1. The topological polar surface area (TPSA) is 55.2 Å². The van der Waals surface area contributed by atoms with Gasteiger partial charge < -0.3 is 5.32 Å². The number of hydrogen-bond donors (Lipinski definition) is 1. The molecule has 0 radical (unpaired) electrons. The number of nitrogens with one attached hydrogen (secondary N) is 1. The third kappa shape index (κ3) is 5.73. The average Bonchev–Trinajstić information content (AvgIpc) is 2.39. The van der Waals surface area contributed by atoms with Gasteiger partial charge in [-0.2, -0.15) is 0 Å². The van der Waals surface area contributed by atoms with Crippen LogP contribution < -0.4 is 5.32 Å². The fourth-order valence-corrected chi connectivity index (χ4v) is 2.07. The van der Waals surface area contributed by atoms with Crippen LogP contribution in [-0.4, -0.2) is 11.5 Å². The number of nitrogens with zero attached hydrogens (tertiary/aromatic N) is 1. The molecule has 0 aromatic heterocycles. The van der Waals surface area contributed by atoms with Gasteiger partial charge in [-0.1, -0.05) is 45.1 Å². The van der Waals surface area contributed by atoms with Crippen LogP contribution in [0, 0.1) is 17.0 Å². The average molecular weight is 264 g/mol. The Hall–Kier alpha value is -1.58. The van der Waals surface area contributed by atoms with Crippen LogP contribution in [0.15, 0.2) is 18.2 Å². The minimum Gasteiger partial charge on any atom is -0.379 e. The van der Waals surface area contributed by atoms with Gasteiger partial charge in [-0.3, -0.25) is 10.1 Å². The maximum absolute atomic E-state index is 10.9. The molecule has 4 nitrogen and oxygen atoms in total. The molecule has 1 rings (SSSR count). The summed E-state index contributed by atoms with van der Waals surface area (Å²) in [5.41, 5.74) is 1.71. The first-order valence-electron chi connectivity index (χ1n) is 7.14. The van der Waals surface area contributed by atoms with Crippen molar-refractivity contribution in [3.8, 4) is 0 Å². The van der Waals surface area contributed by atoms with Crippen molar-refractivity contribution in [3.05, 3.63) is 33.9 Å². The molecule has 0 spiro atoms. The van der Waals surface area contributed by atoms with Crippen molar-refractivity contribution >= 4 is 11.4 Å². The zero-order chi connectivity index (χ0) is 14.1. The normalized spacial score (nSPS) is 10.4. The lowest BCUT2D eigenvalue weighted by atomic mass is 10.1. The van der Waals surface area contributed by atoms with Crippen LogP contribution in [0.4, 0.5) is 11.4 Å². The Bertz CT molecular complexity index is 405. The Kier molecular flexibility index (Phi) is 6.93. The van der Waals surface area contributed by atoms with E-state index in [4.69, 9.17) is 0 Å². The molecule has 0 amide bonds. The fraction of sp³-hybridized carbons (Fsp3) is 0.600. The number of aryl methyl sites for hydroxylation is 1. The molecule has 4 heteroatoms. The van der Waals surface area contributed by atoms with E-state index < -0.39 is 0 Å². The molecule has 0 saturated heterocycles. The van der Waals surface area contributed by atoms with Crippen LogP contribution in [0.25, 0.3) is 0 Å².